The molecule has 1 unspecified atom stereocenters. The maximum atomic E-state index is 6.33. The zero-order valence-electron chi connectivity index (χ0n) is 7.24. The van der Waals surface area contributed by atoms with Crippen LogP contribution in [0.15, 0.2) is 32.7 Å². The van der Waals surface area contributed by atoms with Crippen LogP contribution in [0.2, 0.25) is 0 Å². The third-order valence-corrected chi connectivity index (χ3v) is 5.14. The van der Waals surface area contributed by atoms with Crippen molar-refractivity contribution < 1.29 is 0 Å². The van der Waals surface area contributed by atoms with Crippen molar-refractivity contribution in [1.29, 1.82) is 0 Å². The summed E-state index contributed by atoms with van der Waals surface area (Å²) in [4.78, 5) is 1.22. The molecule has 0 nitrogen and oxygen atoms in total. The molecular formula is C10H8BrClS2. The van der Waals surface area contributed by atoms with Gasteiger partial charge in [-0.05, 0) is 56.2 Å². The van der Waals surface area contributed by atoms with Crippen LogP contribution in [0.3, 0.4) is 0 Å². The molecule has 1 atom stereocenters. The number of rotatable bonds is 3. The molecule has 2 aromatic heterocycles. The normalized spacial score (nSPS) is 13.0. The Bertz CT molecular complexity index is 394. The standard InChI is InChI=1S/C10H8BrClS2/c11-8-2-4-14-10(8)9(12)5-7-1-3-13-6-7/h1-4,6,9H,5H2. The van der Waals surface area contributed by atoms with Crippen LogP contribution < -0.4 is 0 Å². The van der Waals surface area contributed by atoms with Gasteiger partial charge in [-0.3, -0.25) is 0 Å². The Morgan fingerprint density at radius 2 is 2.21 bits per heavy atom. The average Bonchev–Trinajstić information content (AvgIpc) is 2.75. The lowest BCUT2D eigenvalue weighted by Crippen LogP contribution is -1.92. The molecule has 0 spiro atoms. The highest BCUT2D eigenvalue weighted by molar-refractivity contribution is 9.10. The first-order valence-corrected chi connectivity index (χ1v) is 7.20. The topological polar surface area (TPSA) is 0 Å². The summed E-state index contributed by atoms with van der Waals surface area (Å²) < 4.78 is 1.12. The SMILES string of the molecule is ClC(Cc1ccsc1)c1sccc1Br. The summed E-state index contributed by atoms with van der Waals surface area (Å²) in [5.74, 6) is 0. The molecule has 0 saturated heterocycles. The maximum absolute atomic E-state index is 6.33. The first-order valence-electron chi connectivity index (χ1n) is 4.15. The van der Waals surface area contributed by atoms with Gasteiger partial charge in [0.25, 0.3) is 0 Å². The van der Waals surface area contributed by atoms with Gasteiger partial charge in [-0.25, -0.2) is 0 Å². The zero-order chi connectivity index (χ0) is 9.97. The highest BCUT2D eigenvalue weighted by Gasteiger charge is 2.13. The minimum Gasteiger partial charge on any atom is -0.152 e. The van der Waals surface area contributed by atoms with Crippen molar-refractivity contribution in [2.75, 3.05) is 0 Å². The van der Waals surface area contributed by atoms with Crippen LogP contribution in [0, 0.1) is 0 Å². The van der Waals surface area contributed by atoms with Gasteiger partial charge in [-0.15, -0.1) is 22.9 Å². The van der Waals surface area contributed by atoms with E-state index in [-0.39, 0.29) is 5.38 Å². The lowest BCUT2D eigenvalue weighted by atomic mass is 10.2. The molecule has 4 heteroatoms. The summed E-state index contributed by atoms with van der Waals surface area (Å²) >= 11 is 13.2. The third kappa shape index (κ3) is 2.40. The predicted molar refractivity (Wildman–Crippen MR) is 68.6 cm³/mol. The summed E-state index contributed by atoms with van der Waals surface area (Å²) in [5, 5.41) is 6.38. The Labute approximate surface area is 105 Å². The van der Waals surface area contributed by atoms with Crippen LogP contribution in [-0.2, 0) is 6.42 Å². The molecular weight excluding hydrogens is 300 g/mol. The van der Waals surface area contributed by atoms with Gasteiger partial charge in [0, 0.05) is 9.35 Å². The second kappa shape index (κ2) is 4.79. The molecule has 0 aliphatic rings. The molecule has 2 heterocycles. The number of thiophene rings is 2. The van der Waals surface area contributed by atoms with Crippen LogP contribution in [0.5, 0.6) is 0 Å². The molecule has 0 fully saturated rings. The maximum Gasteiger partial charge on any atom is 0.0730 e. The summed E-state index contributed by atoms with van der Waals surface area (Å²) in [6.45, 7) is 0. The molecule has 0 saturated carbocycles. The van der Waals surface area contributed by atoms with E-state index in [9.17, 15) is 0 Å². The summed E-state index contributed by atoms with van der Waals surface area (Å²) in [7, 11) is 0. The fraction of sp³-hybridized carbons (Fsp3) is 0.200. The van der Waals surface area contributed by atoms with Crippen LogP contribution in [0.1, 0.15) is 15.8 Å². The molecule has 74 valence electrons. The van der Waals surface area contributed by atoms with Crippen LogP contribution in [0.25, 0.3) is 0 Å². The van der Waals surface area contributed by atoms with E-state index in [4.69, 9.17) is 11.6 Å². The lowest BCUT2D eigenvalue weighted by Gasteiger charge is -2.06. The fourth-order valence-electron chi connectivity index (χ4n) is 1.24. The van der Waals surface area contributed by atoms with E-state index in [1.165, 1.54) is 10.4 Å². The largest absolute Gasteiger partial charge is 0.152 e. The van der Waals surface area contributed by atoms with E-state index in [0.29, 0.717) is 0 Å². The minimum atomic E-state index is 0.0824. The molecule has 14 heavy (non-hydrogen) atoms. The Balaban J connectivity index is 2.10. The van der Waals surface area contributed by atoms with Crippen molar-refractivity contribution in [2.45, 2.75) is 11.8 Å². The first kappa shape index (κ1) is 10.7. The van der Waals surface area contributed by atoms with Crippen molar-refractivity contribution in [3.8, 4) is 0 Å². The number of halogens is 2. The second-order valence-corrected chi connectivity index (χ2v) is 6.04. The minimum absolute atomic E-state index is 0.0824. The lowest BCUT2D eigenvalue weighted by molar-refractivity contribution is 0.941. The molecule has 0 bridgehead atoms. The van der Waals surface area contributed by atoms with E-state index in [1.54, 1.807) is 22.7 Å². The van der Waals surface area contributed by atoms with Gasteiger partial charge in [0.05, 0.1) is 5.38 Å². The molecule has 2 aromatic rings. The van der Waals surface area contributed by atoms with Gasteiger partial charge in [-0.2, -0.15) is 11.3 Å². The van der Waals surface area contributed by atoms with Gasteiger partial charge in [0.1, 0.15) is 0 Å². The van der Waals surface area contributed by atoms with E-state index in [1.807, 2.05) is 6.07 Å². The molecule has 0 aliphatic carbocycles. The van der Waals surface area contributed by atoms with Crippen LogP contribution in [0.4, 0.5) is 0 Å². The van der Waals surface area contributed by atoms with Crippen molar-refractivity contribution in [3.05, 3.63) is 43.2 Å². The van der Waals surface area contributed by atoms with E-state index < -0.39 is 0 Å². The molecule has 0 radical (unpaired) electrons. The van der Waals surface area contributed by atoms with Crippen molar-refractivity contribution in [2.24, 2.45) is 0 Å². The Morgan fingerprint density at radius 1 is 1.36 bits per heavy atom. The molecule has 0 aromatic carbocycles. The van der Waals surface area contributed by atoms with Crippen molar-refractivity contribution in [1.82, 2.24) is 0 Å². The quantitative estimate of drug-likeness (QED) is 0.692. The van der Waals surface area contributed by atoms with E-state index in [0.717, 1.165) is 10.9 Å². The Morgan fingerprint density at radius 3 is 2.79 bits per heavy atom. The monoisotopic (exact) mass is 306 g/mol. The summed E-state index contributed by atoms with van der Waals surface area (Å²) in [6, 6.07) is 4.17. The zero-order valence-corrected chi connectivity index (χ0v) is 11.2. The average molecular weight is 308 g/mol. The van der Waals surface area contributed by atoms with Gasteiger partial charge < -0.3 is 0 Å². The van der Waals surface area contributed by atoms with Gasteiger partial charge in [0.15, 0.2) is 0 Å². The van der Waals surface area contributed by atoms with Gasteiger partial charge in [-0.1, -0.05) is 0 Å². The molecule has 0 amide bonds. The third-order valence-electron chi connectivity index (χ3n) is 1.92. The number of hydrogen-bond donors (Lipinski definition) is 0. The molecule has 0 aliphatic heterocycles. The Hall–Kier alpha value is 0.170. The predicted octanol–water partition coefficient (Wildman–Crippen LogP) is 5.09. The summed E-state index contributed by atoms with van der Waals surface area (Å²) in [6.07, 6.45) is 0.907. The number of alkyl halides is 1. The van der Waals surface area contributed by atoms with Crippen molar-refractivity contribution >= 4 is 50.2 Å². The number of hydrogen-bond acceptors (Lipinski definition) is 2. The summed E-state index contributed by atoms with van der Waals surface area (Å²) in [5.41, 5.74) is 1.32. The van der Waals surface area contributed by atoms with Gasteiger partial charge in [0.2, 0.25) is 0 Å². The van der Waals surface area contributed by atoms with E-state index in [2.05, 4.69) is 38.1 Å². The fourth-order valence-corrected chi connectivity index (χ4v) is 4.13. The first-order chi connectivity index (χ1) is 6.77. The highest BCUT2D eigenvalue weighted by Crippen LogP contribution is 2.35. The van der Waals surface area contributed by atoms with Crippen molar-refractivity contribution in [3.63, 3.8) is 0 Å². The highest BCUT2D eigenvalue weighted by atomic mass is 79.9. The smallest absolute Gasteiger partial charge is 0.0730 e. The second-order valence-electron chi connectivity index (χ2n) is 2.94. The molecule has 0 N–H and O–H groups in total. The Kier molecular flexibility index (Phi) is 3.66. The molecule has 2 rings (SSSR count). The van der Waals surface area contributed by atoms with Crippen LogP contribution >= 0.6 is 50.2 Å². The van der Waals surface area contributed by atoms with E-state index >= 15 is 0 Å². The van der Waals surface area contributed by atoms with Crippen LogP contribution in [-0.4, -0.2) is 0 Å². The van der Waals surface area contributed by atoms with Gasteiger partial charge >= 0.3 is 0 Å².